The first-order chi connectivity index (χ1) is 10.6. The second-order valence-electron chi connectivity index (χ2n) is 5.59. The quantitative estimate of drug-likeness (QED) is 0.746. The van der Waals surface area contributed by atoms with Gasteiger partial charge in [0, 0.05) is 23.7 Å². The molecule has 3 aromatic carbocycles. The molecule has 0 aliphatic rings. The summed E-state index contributed by atoms with van der Waals surface area (Å²) in [6.45, 7) is 1.46. The van der Waals surface area contributed by atoms with Crippen LogP contribution in [0.5, 0.6) is 5.75 Å². The highest BCUT2D eigenvalue weighted by Crippen LogP contribution is 2.28. The summed E-state index contributed by atoms with van der Waals surface area (Å²) < 4.78 is 0. The third-order valence-electron chi connectivity index (χ3n) is 3.79. The van der Waals surface area contributed by atoms with Crippen LogP contribution in [0.25, 0.3) is 10.8 Å². The van der Waals surface area contributed by atoms with E-state index in [2.05, 4.69) is 23.1 Å². The van der Waals surface area contributed by atoms with Gasteiger partial charge in [0.1, 0.15) is 5.75 Å². The number of phenolic OH excluding ortho intramolecular Hbond substituents is 1. The van der Waals surface area contributed by atoms with Crippen LogP contribution in [0.15, 0.2) is 60.7 Å². The van der Waals surface area contributed by atoms with Crippen LogP contribution in [0.1, 0.15) is 11.1 Å². The number of phenols is 1. The van der Waals surface area contributed by atoms with E-state index in [1.165, 1.54) is 0 Å². The zero-order valence-corrected chi connectivity index (χ0v) is 13.2. The summed E-state index contributed by atoms with van der Waals surface area (Å²) in [6, 6.07) is 19.7. The van der Waals surface area contributed by atoms with Crippen molar-refractivity contribution in [3.05, 3.63) is 76.8 Å². The van der Waals surface area contributed by atoms with Crippen LogP contribution >= 0.6 is 11.6 Å². The van der Waals surface area contributed by atoms with Gasteiger partial charge in [0.2, 0.25) is 0 Å². The first-order valence-corrected chi connectivity index (χ1v) is 7.64. The molecule has 0 atom stereocenters. The van der Waals surface area contributed by atoms with Gasteiger partial charge in [0.15, 0.2) is 0 Å². The highest BCUT2D eigenvalue weighted by molar-refractivity contribution is 6.30. The average Bonchev–Trinajstić information content (AvgIpc) is 2.50. The van der Waals surface area contributed by atoms with Crippen molar-refractivity contribution in [3.63, 3.8) is 0 Å². The van der Waals surface area contributed by atoms with Gasteiger partial charge in [-0.15, -0.1) is 0 Å². The number of halogens is 1. The maximum atomic E-state index is 10.2. The average molecular weight is 312 g/mol. The summed E-state index contributed by atoms with van der Waals surface area (Å²) in [6.07, 6.45) is 0. The summed E-state index contributed by atoms with van der Waals surface area (Å²) >= 11 is 6.03. The van der Waals surface area contributed by atoms with Gasteiger partial charge in [0.25, 0.3) is 0 Å². The highest BCUT2D eigenvalue weighted by atomic mass is 35.5. The molecule has 0 fully saturated rings. The number of benzene rings is 3. The second-order valence-corrected chi connectivity index (χ2v) is 6.02. The Bertz CT molecular complexity index is 800. The summed E-state index contributed by atoms with van der Waals surface area (Å²) in [5.74, 6) is 0.344. The predicted octanol–water partition coefficient (Wildman–Crippen LogP) is 4.83. The predicted molar refractivity (Wildman–Crippen MR) is 92.2 cm³/mol. The van der Waals surface area contributed by atoms with Gasteiger partial charge in [0.05, 0.1) is 0 Å². The molecule has 0 aromatic heterocycles. The van der Waals surface area contributed by atoms with Crippen LogP contribution in [0.3, 0.4) is 0 Å². The van der Waals surface area contributed by atoms with E-state index in [0.717, 1.165) is 33.5 Å². The summed E-state index contributed by atoms with van der Waals surface area (Å²) in [7, 11) is 2.04. The van der Waals surface area contributed by atoms with Crippen LogP contribution in [0.4, 0.5) is 0 Å². The maximum Gasteiger partial charge on any atom is 0.120 e. The molecule has 2 nitrogen and oxygen atoms in total. The number of rotatable bonds is 4. The maximum absolute atomic E-state index is 10.2. The van der Waals surface area contributed by atoms with E-state index in [0.29, 0.717) is 12.3 Å². The van der Waals surface area contributed by atoms with Crippen molar-refractivity contribution >= 4 is 22.4 Å². The Kier molecular flexibility index (Phi) is 4.32. The molecule has 3 heteroatoms. The van der Waals surface area contributed by atoms with Crippen molar-refractivity contribution in [1.82, 2.24) is 4.90 Å². The van der Waals surface area contributed by atoms with E-state index in [9.17, 15) is 5.11 Å². The van der Waals surface area contributed by atoms with E-state index in [-0.39, 0.29) is 0 Å². The molecule has 0 saturated carbocycles. The fraction of sp³-hybridized carbons (Fsp3) is 0.158. The van der Waals surface area contributed by atoms with Crippen molar-refractivity contribution in [2.75, 3.05) is 7.05 Å². The molecule has 3 rings (SSSR count). The minimum absolute atomic E-state index is 0.344. The number of hydrogen-bond acceptors (Lipinski definition) is 2. The van der Waals surface area contributed by atoms with Gasteiger partial charge < -0.3 is 5.11 Å². The van der Waals surface area contributed by atoms with Crippen molar-refractivity contribution in [2.24, 2.45) is 0 Å². The Morgan fingerprint density at radius 3 is 2.59 bits per heavy atom. The molecule has 0 aliphatic carbocycles. The van der Waals surface area contributed by atoms with Crippen molar-refractivity contribution in [2.45, 2.75) is 13.1 Å². The molecule has 0 amide bonds. The van der Waals surface area contributed by atoms with E-state index in [1.807, 2.05) is 43.4 Å². The van der Waals surface area contributed by atoms with Gasteiger partial charge in [-0.3, -0.25) is 4.90 Å². The summed E-state index contributed by atoms with van der Waals surface area (Å²) in [5, 5.41) is 13.2. The zero-order chi connectivity index (χ0) is 15.5. The molecule has 0 bridgehead atoms. The molecule has 0 saturated heterocycles. The highest BCUT2D eigenvalue weighted by Gasteiger charge is 2.10. The monoisotopic (exact) mass is 311 g/mol. The Labute approximate surface area is 135 Å². The van der Waals surface area contributed by atoms with Crippen LogP contribution in [0.2, 0.25) is 5.02 Å². The van der Waals surface area contributed by atoms with Gasteiger partial charge in [-0.05, 0) is 41.6 Å². The third-order valence-corrected chi connectivity index (χ3v) is 4.02. The fourth-order valence-electron chi connectivity index (χ4n) is 2.76. The first-order valence-electron chi connectivity index (χ1n) is 7.26. The lowest BCUT2D eigenvalue weighted by molar-refractivity contribution is 0.314. The molecule has 1 N–H and O–H groups in total. The SMILES string of the molecule is CN(Cc1cccc(Cl)c1)Cc1c(O)ccc2ccccc12. The molecular formula is C19H18ClNO. The van der Waals surface area contributed by atoms with Gasteiger partial charge >= 0.3 is 0 Å². The minimum Gasteiger partial charge on any atom is -0.508 e. The number of fused-ring (bicyclic) bond motifs is 1. The Morgan fingerprint density at radius 1 is 0.955 bits per heavy atom. The topological polar surface area (TPSA) is 23.5 Å². The number of aromatic hydroxyl groups is 1. The number of hydrogen-bond donors (Lipinski definition) is 1. The largest absolute Gasteiger partial charge is 0.508 e. The normalized spacial score (nSPS) is 11.2. The molecular weight excluding hydrogens is 294 g/mol. The first kappa shape index (κ1) is 14.9. The van der Waals surface area contributed by atoms with Crippen LogP contribution in [-0.4, -0.2) is 17.1 Å². The van der Waals surface area contributed by atoms with Crippen molar-refractivity contribution < 1.29 is 5.11 Å². The summed E-state index contributed by atoms with van der Waals surface area (Å²) in [4.78, 5) is 2.17. The van der Waals surface area contributed by atoms with E-state index < -0.39 is 0 Å². The zero-order valence-electron chi connectivity index (χ0n) is 12.5. The molecule has 22 heavy (non-hydrogen) atoms. The molecule has 0 aliphatic heterocycles. The van der Waals surface area contributed by atoms with E-state index >= 15 is 0 Å². The minimum atomic E-state index is 0.344. The van der Waals surface area contributed by atoms with Crippen LogP contribution in [0, 0.1) is 0 Å². The molecule has 0 radical (unpaired) electrons. The second kappa shape index (κ2) is 6.39. The van der Waals surface area contributed by atoms with E-state index in [4.69, 9.17) is 11.6 Å². The van der Waals surface area contributed by atoms with Crippen molar-refractivity contribution in [1.29, 1.82) is 0 Å². The molecule has 3 aromatic rings. The van der Waals surface area contributed by atoms with E-state index in [1.54, 1.807) is 6.07 Å². The Balaban J connectivity index is 1.85. The van der Waals surface area contributed by atoms with Gasteiger partial charge in [-0.25, -0.2) is 0 Å². The molecule has 0 heterocycles. The van der Waals surface area contributed by atoms with Gasteiger partial charge in [-0.1, -0.05) is 54.1 Å². The van der Waals surface area contributed by atoms with Crippen LogP contribution in [-0.2, 0) is 13.1 Å². The smallest absolute Gasteiger partial charge is 0.120 e. The standard InChI is InChI=1S/C19H18ClNO/c1-21(12-14-5-4-7-16(20)11-14)13-18-17-8-3-2-6-15(17)9-10-19(18)22/h2-11,22H,12-13H2,1H3. The Morgan fingerprint density at radius 2 is 1.77 bits per heavy atom. The third kappa shape index (κ3) is 3.24. The lowest BCUT2D eigenvalue weighted by Gasteiger charge is -2.19. The molecule has 0 unspecified atom stereocenters. The summed E-state index contributed by atoms with van der Waals surface area (Å²) in [5.41, 5.74) is 2.12. The van der Waals surface area contributed by atoms with Crippen molar-refractivity contribution in [3.8, 4) is 5.75 Å². The lowest BCUT2D eigenvalue weighted by atomic mass is 10.0. The Hall–Kier alpha value is -2.03. The molecule has 112 valence electrons. The lowest BCUT2D eigenvalue weighted by Crippen LogP contribution is -2.17. The molecule has 0 spiro atoms. The van der Waals surface area contributed by atoms with Crippen LogP contribution < -0.4 is 0 Å². The fourth-order valence-corrected chi connectivity index (χ4v) is 2.98. The number of nitrogens with zero attached hydrogens (tertiary/aromatic N) is 1. The van der Waals surface area contributed by atoms with Gasteiger partial charge in [-0.2, -0.15) is 0 Å².